The molecule has 2 aromatic carbocycles. The number of anilines is 2. The molecule has 0 bridgehead atoms. The third-order valence-electron chi connectivity index (χ3n) is 5.04. The molecular formula is C22H18F3N3O. The van der Waals surface area contributed by atoms with E-state index in [-0.39, 0.29) is 0 Å². The zero-order chi connectivity index (χ0) is 20.6. The summed E-state index contributed by atoms with van der Waals surface area (Å²) in [6, 6.07) is 14.4. The number of benzene rings is 2. The van der Waals surface area contributed by atoms with Gasteiger partial charge in [0.1, 0.15) is 0 Å². The minimum atomic E-state index is -4.37. The van der Waals surface area contributed by atoms with Crippen molar-refractivity contribution in [2.45, 2.75) is 19.0 Å². The number of hydrogen-bond acceptors (Lipinski definition) is 3. The van der Waals surface area contributed by atoms with Crippen LogP contribution in [0.4, 0.5) is 24.5 Å². The van der Waals surface area contributed by atoms with Crippen LogP contribution in [0.2, 0.25) is 0 Å². The molecule has 7 heteroatoms. The standard InChI is InChI=1S/C22H18F3N3O/c23-22(24,25)15-4-1-3-14(11-15)12-16-13-17(7-9-27-16)28-10-8-18-19(21(26)29)5-2-6-20(18)28/h1-7,9,11,13H,8,10,12H2,(H2,26,29). The van der Waals surface area contributed by atoms with Crippen LogP contribution in [0, 0.1) is 0 Å². The van der Waals surface area contributed by atoms with Crippen molar-refractivity contribution < 1.29 is 18.0 Å². The van der Waals surface area contributed by atoms with Crippen molar-refractivity contribution in [3.8, 4) is 0 Å². The molecule has 0 fully saturated rings. The van der Waals surface area contributed by atoms with E-state index in [1.54, 1.807) is 24.4 Å². The molecule has 0 saturated heterocycles. The van der Waals surface area contributed by atoms with E-state index in [4.69, 9.17) is 5.73 Å². The van der Waals surface area contributed by atoms with Gasteiger partial charge >= 0.3 is 6.18 Å². The minimum Gasteiger partial charge on any atom is -0.366 e. The molecule has 1 aliphatic heterocycles. The highest BCUT2D eigenvalue weighted by Gasteiger charge is 2.30. The molecule has 2 heterocycles. The van der Waals surface area contributed by atoms with E-state index in [9.17, 15) is 18.0 Å². The van der Waals surface area contributed by atoms with E-state index in [2.05, 4.69) is 9.88 Å². The first-order valence-electron chi connectivity index (χ1n) is 9.13. The van der Waals surface area contributed by atoms with Gasteiger partial charge in [-0.15, -0.1) is 0 Å². The highest BCUT2D eigenvalue weighted by atomic mass is 19.4. The molecule has 0 spiro atoms. The zero-order valence-corrected chi connectivity index (χ0v) is 15.4. The summed E-state index contributed by atoms with van der Waals surface area (Å²) in [4.78, 5) is 18.1. The third kappa shape index (κ3) is 3.81. The lowest BCUT2D eigenvalue weighted by atomic mass is 10.0. The Morgan fingerprint density at radius 3 is 2.66 bits per heavy atom. The first-order valence-corrected chi connectivity index (χ1v) is 9.13. The fourth-order valence-electron chi connectivity index (χ4n) is 3.73. The number of hydrogen-bond donors (Lipinski definition) is 1. The number of nitrogens with two attached hydrogens (primary N) is 1. The Kier molecular flexibility index (Phi) is 4.74. The minimum absolute atomic E-state index is 0.291. The summed E-state index contributed by atoms with van der Waals surface area (Å²) in [7, 11) is 0. The Bertz CT molecular complexity index is 1080. The van der Waals surface area contributed by atoms with Gasteiger partial charge in [0.05, 0.1) is 5.56 Å². The van der Waals surface area contributed by atoms with Crippen molar-refractivity contribution in [3.05, 3.63) is 88.7 Å². The quantitative estimate of drug-likeness (QED) is 0.706. The molecule has 0 unspecified atom stereocenters. The highest BCUT2D eigenvalue weighted by molar-refractivity contribution is 5.97. The molecule has 1 aromatic heterocycles. The number of pyridine rings is 1. The lowest BCUT2D eigenvalue weighted by Gasteiger charge is -2.20. The van der Waals surface area contributed by atoms with E-state index in [1.165, 1.54) is 6.07 Å². The van der Waals surface area contributed by atoms with Gasteiger partial charge in [0, 0.05) is 41.8 Å². The fraction of sp³-hybridized carbons (Fsp3) is 0.182. The maximum atomic E-state index is 13.0. The smallest absolute Gasteiger partial charge is 0.366 e. The predicted molar refractivity (Wildman–Crippen MR) is 104 cm³/mol. The van der Waals surface area contributed by atoms with E-state index in [1.807, 2.05) is 18.2 Å². The van der Waals surface area contributed by atoms with Gasteiger partial charge in [0.2, 0.25) is 5.91 Å². The zero-order valence-electron chi connectivity index (χ0n) is 15.4. The molecular weight excluding hydrogens is 379 g/mol. The van der Waals surface area contributed by atoms with E-state index in [0.717, 1.165) is 29.1 Å². The molecule has 148 valence electrons. The molecule has 1 amide bonds. The number of halogens is 3. The average molecular weight is 397 g/mol. The monoisotopic (exact) mass is 397 g/mol. The number of aromatic nitrogens is 1. The summed E-state index contributed by atoms with van der Waals surface area (Å²) < 4.78 is 38.9. The number of rotatable bonds is 4. The van der Waals surface area contributed by atoms with Crippen molar-refractivity contribution in [2.24, 2.45) is 5.73 Å². The predicted octanol–water partition coefficient (Wildman–Crippen LogP) is 4.48. The van der Waals surface area contributed by atoms with Gasteiger partial charge in [-0.05, 0) is 47.9 Å². The number of carbonyl (C=O) groups excluding carboxylic acids is 1. The number of carbonyl (C=O) groups is 1. The number of alkyl halides is 3. The van der Waals surface area contributed by atoms with Crippen molar-refractivity contribution in [1.82, 2.24) is 4.98 Å². The SMILES string of the molecule is NC(=O)c1cccc2c1CCN2c1ccnc(Cc2cccc(C(F)(F)F)c2)c1. The van der Waals surface area contributed by atoms with Crippen molar-refractivity contribution in [3.63, 3.8) is 0 Å². The summed E-state index contributed by atoms with van der Waals surface area (Å²) in [5, 5.41) is 0. The Hall–Kier alpha value is -3.35. The van der Waals surface area contributed by atoms with Crippen LogP contribution >= 0.6 is 0 Å². The number of amides is 1. The number of primary amides is 1. The second kappa shape index (κ2) is 7.24. The molecule has 0 aliphatic carbocycles. The van der Waals surface area contributed by atoms with Crippen molar-refractivity contribution in [2.75, 3.05) is 11.4 Å². The van der Waals surface area contributed by atoms with E-state index >= 15 is 0 Å². The number of nitrogens with zero attached hydrogens (tertiary/aromatic N) is 2. The van der Waals surface area contributed by atoms with Crippen molar-refractivity contribution >= 4 is 17.3 Å². The van der Waals surface area contributed by atoms with Gasteiger partial charge in [0.15, 0.2) is 0 Å². The Morgan fingerprint density at radius 1 is 1.10 bits per heavy atom. The normalized spacial score (nSPS) is 13.4. The molecule has 3 aromatic rings. The Balaban J connectivity index is 1.62. The van der Waals surface area contributed by atoms with Gasteiger partial charge in [0.25, 0.3) is 0 Å². The second-order valence-corrected chi connectivity index (χ2v) is 6.95. The molecule has 1 aliphatic rings. The molecule has 0 radical (unpaired) electrons. The molecule has 4 nitrogen and oxygen atoms in total. The Labute approximate surface area is 165 Å². The first kappa shape index (κ1) is 19.0. The summed E-state index contributed by atoms with van der Waals surface area (Å²) in [5.41, 5.74) is 9.24. The number of fused-ring (bicyclic) bond motifs is 1. The van der Waals surface area contributed by atoms with Crippen LogP contribution in [0.1, 0.15) is 32.7 Å². The van der Waals surface area contributed by atoms with Crippen LogP contribution in [0.25, 0.3) is 0 Å². The van der Waals surface area contributed by atoms with Crippen LogP contribution in [-0.2, 0) is 19.0 Å². The van der Waals surface area contributed by atoms with Crippen LogP contribution in [0.15, 0.2) is 60.8 Å². The maximum absolute atomic E-state index is 13.0. The highest BCUT2D eigenvalue weighted by Crippen LogP contribution is 2.36. The summed E-state index contributed by atoms with van der Waals surface area (Å²) in [6.45, 7) is 0.687. The summed E-state index contributed by atoms with van der Waals surface area (Å²) >= 11 is 0. The molecule has 0 saturated carbocycles. The van der Waals surface area contributed by atoms with Gasteiger partial charge in [-0.25, -0.2) is 0 Å². The fourth-order valence-corrected chi connectivity index (χ4v) is 3.73. The molecule has 0 atom stereocenters. The van der Waals surface area contributed by atoms with Crippen LogP contribution in [0.3, 0.4) is 0 Å². The van der Waals surface area contributed by atoms with Crippen LogP contribution in [0.5, 0.6) is 0 Å². The van der Waals surface area contributed by atoms with Gasteiger partial charge < -0.3 is 10.6 Å². The van der Waals surface area contributed by atoms with E-state index in [0.29, 0.717) is 36.2 Å². The second-order valence-electron chi connectivity index (χ2n) is 6.95. The third-order valence-corrected chi connectivity index (χ3v) is 5.04. The van der Waals surface area contributed by atoms with Crippen LogP contribution < -0.4 is 10.6 Å². The Morgan fingerprint density at radius 2 is 1.90 bits per heavy atom. The first-order chi connectivity index (χ1) is 13.8. The van der Waals surface area contributed by atoms with Gasteiger partial charge in [-0.1, -0.05) is 24.3 Å². The molecule has 4 rings (SSSR count). The molecule has 29 heavy (non-hydrogen) atoms. The lowest BCUT2D eigenvalue weighted by molar-refractivity contribution is -0.137. The van der Waals surface area contributed by atoms with Gasteiger partial charge in [-0.2, -0.15) is 13.2 Å². The van der Waals surface area contributed by atoms with E-state index < -0.39 is 17.6 Å². The van der Waals surface area contributed by atoms with Gasteiger partial charge in [-0.3, -0.25) is 9.78 Å². The lowest BCUT2D eigenvalue weighted by Crippen LogP contribution is -2.14. The maximum Gasteiger partial charge on any atom is 0.416 e. The molecule has 2 N–H and O–H groups in total. The van der Waals surface area contributed by atoms with Crippen molar-refractivity contribution in [1.29, 1.82) is 0 Å². The van der Waals surface area contributed by atoms with Crippen LogP contribution in [-0.4, -0.2) is 17.4 Å². The summed E-state index contributed by atoms with van der Waals surface area (Å²) in [6.07, 6.45) is -1.74. The topological polar surface area (TPSA) is 59.2 Å². The summed E-state index contributed by atoms with van der Waals surface area (Å²) in [5.74, 6) is -0.455. The largest absolute Gasteiger partial charge is 0.416 e. The average Bonchev–Trinajstić information content (AvgIpc) is 3.12.